The maximum absolute atomic E-state index is 4.70. The number of aromatic nitrogens is 1. The van der Waals surface area contributed by atoms with Gasteiger partial charge in [-0.2, -0.15) is 0 Å². The Morgan fingerprint density at radius 2 is 1.88 bits per heavy atom. The van der Waals surface area contributed by atoms with E-state index in [-0.39, 0.29) is 0 Å². The summed E-state index contributed by atoms with van der Waals surface area (Å²) in [5, 5.41) is 3.52. The topological polar surface area (TPSA) is 24.9 Å². The molecular formula is C22H30N2S. The highest BCUT2D eigenvalue weighted by Crippen LogP contribution is 2.32. The number of fused-ring (bicyclic) bond motifs is 1. The number of thioether (sulfide) groups is 1. The van der Waals surface area contributed by atoms with E-state index < -0.39 is 0 Å². The molecule has 0 bridgehead atoms. The third-order valence-electron chi connectivity index (χ3n) is 4.66. The lowest BCUT2D eigenvalue weighted by molar-refractivity contribution is 0.410. The molecule has 2 aromatic rings. The first kappa shape index (κ1) is 18.5. The molecule has 0 unspecified atom stereocenters. The molecule has 0 saturated carbocycles. The van der Waals surface area contributed by atoms with Crippen molar-refractivity contribution in [2.75, 3.05) is 13.1 Å². The maximum Gasteiger partial charge on any atom is 0.0506 e. The fourth-order valence-corrected chi connectivity index (χ4v) is 4.63. The van der Waals surface area contributed by atoms with Crippen LogP contribution in [0.4, 0.5) is 0 Å². The van der Waals surface area contributed by atoms with Crippen LogP contribution in [-0.2, 0) is 25.0 Å². The van der Waals surface area contributed by atoms with Crippen LogP contribution in [0.5, 0.6) is 0 Å². The van der Waals surface area contributed by atoms with Gasteiger partial charge in [0.05, 0.1) is 5.69 Å². The van der Waals surface area contributed by atoms with Crippen molar-refractivity contribution in [3.63, 3.8) is 0 Å². The maximum atomic E-state index is 4.70. The van der Waals surface area contributed by atoms with Gasteiger partial charge >= 0.3 is 0 Å². The molecule has 0 saturated heterocycles. The van der Waals surface area contributed by atoms with Gasteiger partial charge in [-0.1, -0.05) is 39.0 Å². The zero-order valence-electron chi connectivity index (χ0n) is 16.0. The second-order valence-electron chi connectivity index (χ2n) is 8.28. The first-order valence-corrected chi connectivity index (χ1v) is 10.3. The van der Waals surface area contributed by atoms with Crippen LogP contribution >= 0.6 is 11.8 Å². The predicted molar refractivity (Wildman–Crippen MR) is 108 cm³/mol. The summed E-state index contributed by atoms with van der Waals surface area (Å²) in [5.41, 5.74) is 7.29. The van der Waals surface area contributed by atoms with E-state index in [1.54, 1.807) is 5.56 Å². The normalized spacial score (nSPS) is 14.9. The fraction of sp³-hybridized carbons (Fsp3) is 0.500. The summed E-state index contributed by atoms with van der Waals surface area (Å²) < 4.78 is 0. The minimum absolute atomic E-state index is 0.310. The number of hydrogen-bond donors (Lipinski definition) is 1. The number of rotatable bonds is 4. The summed E-state index contributed by atoms with van der Waals surface area (Å²) in [7, 11) is 0. The zero-order chi connectivity index (χ0) is 17.9. The van der Waals surface area contributed by atoms with Gasteiger partial charge in [0.1, 0.15) is 0 Å². The lowest BCUT2D eigenvalue weighted by atomic mass is 9.89. The molecule has 1 aromatic heterocycles. The molecule has 3 heteroatoms. The van der Waals surface area contributed by atoms with E-state index in [1.807, 2.05) is 11.8 Å². The third-order valence-corrected chi connectivity index (χ3v) is 5.96. The quantitative estimate of drug-likeness (QED) is 0.786. The Balaban J connectivity index is 1.71. The van der Waals surface area contributed by atoms with E-state index in [0.717, 1.165) is 38.1 Å². The van der Waals surface area contributed by atoms with Crippen molar-refractivity contribution < 1.29 is 0 Å². The Morgan fingerprint density at radius 3 is 2.60 bits per heavy atom. The van der Waals surface area contributed by atoms with Crippen molar-refractivity contribution in [1.29, 1.82) is 0 Å². The van der Waals surface area contributed by atoms with Crippen molar-refractivity contribution in [1.82, 2.24) is 10.3 Å². The van der Waals surface area contributed by atoms with Crippen LogP contribution in [0.15, 0.2) is 35.4 Å². The van der Waals surface area contributed by atoms with Gasteiger partial charge in [0, 0.05) is 16.8 Å². The molecule has 2 nitrogen and oxygen atoms in total. The molecule has 1 aliphatic rings. The highest BCUT2D eigenvalue weighted by molar-refractivity contribution is 7.98. The molecule has 0 spiro atoms. The van der Waals surface area contributed by atoms with Gasteiger partial charge in [0.25, 0.3) is 0 Å². The van der Waals surface area contributed by atoms with E-state index in [1.165, 1.54) is 27.3 Å². The Kier molecular flexibility index (Phi) is 5.85. The average Bonchev–Trinajstić information content (AvgIpc) is 2.79. The van der Waals surface area contributed by atoms with Crippen molar-refractivity contribution in [3.8, 4) is 0 Å². The van der Waals surface area contributed by atoms with Crippen molar-refractivity contribution >= 4 is 11.8 Å². The largest absolute Gasteiger partial charge is 0.316 e. The monoisotopic (exact) mass is 354 g/mol. The molecule has 1 aliphatic heterocycles. The van der Waals surface area contributed by atoms with Gasteiger partial charge in [-0.3, -0.25) is 4.98 Å². The molecule has 134 valence electrons. The standard InChI is InChI=1S/C22H30N2S/c1-16-5-7-18-9-11-23-12-10-20(18)21(16)25-15-19-8-6-17(14-24-19)13-22(2,3)4/h5-8,14,23H,9-13,15H2,1-4H3. The van der Waals surface area contributed by atoms with Gasteiger partial charge in [-0.25, -0.2) is 0 Å². The lowest BCUT2D eigenvalue weighted by Crippen LogP contribution is -2.16. The Hall–Kier alpha value is -1.32. The molecule has 1 aromatic carbocycles. The molecule has 3 rings (SSSR count). The van der Waals surface area contributed by atoms with Gasteiger partial charge in [-0.15, -0.1) is 11.8 Å². The SMILES string of the molecule is Cc1ccc2c(c1SCc1ccc(CC(C)(C)C)cn1)CCNCC2. The molecule has 25 heavy (non-hydrogen) atoms. The lowest BCUT2D eigenvalue weighted by Gasteiger charge is -2.18. The van der Waals surface area contributed by atoms with E-state index >= 15 is 0 Å². The van der Waals surface area contributed by atoms with Gasteiger partial charge < -0.3 is 5.32 Å². The fourth-order valence-electron chi connectivity index (χ4n) is 3.46. The van der Waals surface area contributed by atoms with Crippen LogP contribution in [-0.4, -0.2) is 18.1 Å². The Bertz CT molecular complexity index is 714. The predicted octanol–water partition coefficient (Wildman–Crippen LogP) is 4.96. The van der Waals surface area contributed by atoms with E-state index in [2.05, 4.69) is 63.5 Å². The smallest absolute Gasteiger partial charge is 0.0506 e. The van der Waals surface area contributed by atoms with Crippen LogP contribution in [0.25, 0.3) is 0 Å². The van der Waals surface area contributed by atoms with Gasteiger partial charge in [0.15, 0.2) is 0 Å². The number of aryl methyl sites for hydroxylation is 1. The number of nitrogens with one attached hydrogen (secondary N) is 1. The molecule has 0 aliphatic carbocycles. The number of hydrogen-bond acceptors (Lipinski definition) is 3. The molecule has 0 radical (unpaired) electrons. The van der Waals surface area contributed by atoms with Crippen LogP contribution in [0.2, 0.25) is 0 Å². The van der Waals surface area contributed by atoms with E-state index in [0.29, 0.717) is 5.41 Å². The van der Waals surface area contributed by atoms with Crippen LogP contribution in [0, 0.1) is 12.3 Å². The number of benzene rings is 1. The summed E-state index contributed by atoms with van der Waals surface area (Å²) in [4.78, 5) is 6.18. The summed E-state index contributed by atoms with van der Waals surface area (Å²) in [6.45, 7) is 11.2. The third kappa shape index (κ3) is 5.08. The first-order chi connectivity index (χ1) is 11.9. The van der Waals surface area contributed by atoms with E-state index in [9.17, 15) is 0 Å². The average molecular weight is 355 g/mol. The molecule has 1 N–H and O–H groups in total. The number of nitrogens with zero attached hydrogens (tertiary/aromatic N) is 1. The second kappa shape index (κ2) is 7.92. The second-order valence-corrected chi connectivity index (χ2v) is 9.27. The highest BCUT2D eigenvalue weighted by Gasteiger charge is 2.15. The molecular weight excluding hydrogens is 324 g/mol. The van der Waals surface area contributed by atoms with Crippen molar-refractivity contribution in [3.05, 3.63) is 58.4 Å². The summed E-state index contributed by atoms with van der Waals surface area (Å²) in [6.07, 6.45) is 5.41. The molecule has 2 heterocycles. The molecule has 0 fully saturated rings. The summed E-state index contributed by atoms with van der Waals surface area (Å²) >= 11 is 1.95. The number of pyridine rings is 1. The van der Waals surface area contributed by atoms with Gasteiger partial charge in [-0.05, 0) is 73.0 Å². The van der Waals surface area contributed by atoms with Crippen LogP contribution < -0.4 is 5.32 Å². The minimum Gasteiger partial charge on any atom is -0.316 e. The van der Waals surface area contributed by atoms with Crippen molar-refractivity contribution in [2.45, 2.75) is 57.6 Å². The van der Waals surface area contributed by atoms with Crippen molar-refractivity contribution in [2.24, 2.45) is 5.41 Å². The summed E-state index contributed by atoms with van der Waals surface area (Å²) in [5.74, 6) is 0.945. The Labute approximate surface area is 156 Å². The zero-order valence-corrected chi connectivity index (χ0v) is 16.8. The van der Waals surface area contributed by atoms with Crippen LogP contribution in [0.1, 0.15) is 48.7 Å². The van der Waals surface area contributed by atoms with Gasteiger partial charge in [0.2, 0.25) is 0 Å². The van der Waals surface area contributed by atoms with E-state index in [4.69, 9.17) is 4.98 Å². The first-order valence-electron chi connectivity index (χ1n) is 9.31. The molecule has 0 atom stereocenters. The minimum atomic E-state index is 0.310. The van der Waals surface area contributed by atoms with Crippen LogP contribution in [0.3, 0.4) is 0 Å². The Morgan fingerprint density at radius 1 is 1.08 bits per heavy atom. The molecule has 0 amide bonds. The summed E-state index contributed by atoms with van der Waals surface area (Å²) in [6, 6.07) is 9.05. The highest BCUT2D eigenvalue weighted by atomic mass is 32.2.